The van der Waals surface area contributed by atoms with E-state index in [9.17, 15) is 0 Å². The van der Waals surface area contributed by atoms with E-state index < -0.39 is 0 Å². The normalized spacial score (nSPS) is 9.97. The van der Waals surface area contributed by atoms with Crippen molar-refractivity contribution in [1.29, 1.82) is 0 Å². The Balaban J connectivity index is 0.000000169. The van der Waals surface area contributed by atoms with Crippen LogP contribution in [0.15, 0.2) is 114 Å². The summed E-state index contributed by atoms with van der Waals surface area (Å²) in [6, 6.07) is 29.5. The van der Waals surface area contributed by atoms with Crippen LogP contribution in [0.1, 0.15) is 11.4 Å². The van der Waals surface area contributed by atoms with Gasteiger partial charge >= 0.3 is 0 Å². The number of rotatable bonds is 6. The molecule has 29 heavy (non-hydrogen) atoms. The van der Waals surface area contributed by atoms with Crippen molar-refractivity contribution in [3.63, 3.8) is 0 Å². The number of imidazole rings is 1. The molecule has 1 aromatic heterocycles. The first-order chi connectivity index (χ1) is 14.3. The molecule has 4 heteroatoms. The predicted molar refractivity (Wildman–Crippen MR) is 128 cm³/mol. The van der Waals surface area contributed by atoms with E-state index in [4.69, 9.17) is 0 Å². The average Bonchev–Trinajstić information content (AvgIpc) is 3.28. The number of benzene rings is 3. The second-order valence-electron chi connectivity index (χ2n) is 6.74. The van der Waals surface area contributed by atoms with E-state index in [1.165, 1.54) is 16.5 Å². The zero-order valence-electron chi connectivity index (χ0n) is 16.3. The van der Waals surface area contributed by atoms with E-state index in [0.29, 0.717) is 6.71 Å². The standard InChI is InChI=1S/C15H15B.C10H9BrN2/c1-2-13-16(14-9-5-3-6-10-14)15-11-7-4-8-12-15;11-9-3-1-8(2-4-9)7-10-12-5-6-13-10/h2-12H,1,13H2;1-6H,7H2,(H,12,13). The van der Waals surface area contributed by atoms with Crippen LogP contribution in [0.25, 0.3) is 0 Å². The zero-order valence-corrected chi connectivity index (χ0v) is 17.9. The minimum absolute atomic E-state index is 0.430. The number of hydrogen-bond donors (Lipinski definition) is 1. The highest BCUT2D eigenvalue weighted by Crippen LogP contribution is 2.12. The van der Waals surface area contributed by atoms with Crippen molar-refractivity contribution < 1.29 is 0 Å². The monoisotopic (exact) mass is 442 g/mol. The van der Waals surface area contributed by atoms with Crippen molar-refractivity contribution in [2.24, 2.45) is 0 Å². The molecule has 0 fully saturated rings. The van der Waals surface area contributed by atoms with Crippen LogP contribution in [0.3, 0.4) is 0 Å². The van der Waals surface area contributed by atoms with Gasteiger partial charge in [0.15, 0.2) is 0 Å². The Morgan fingerprint density at radius 3 is 1.93 bits per heavy atom. The lowest BCUT2D eigenvalue weighted by Crippen LogP contribution is -2.41. The van der Waals surface area contributed by atoms with Gasteiger partial charge in [0.05, 0.1) is 0 Å². The van der Waals surface area contributed by atoms with Gasteiger partial charge in [-0.25, -0.2) is 4.98 Å². The number of hydrogen-bond acceptors (Lipinski definition) is 1. The third-order valence-electron chi connectivity index (χ3n) is 4.65. The number of H-pyrrole nitrogens is 1. The van der Waals surface area contributed by atoms with Crippen LogP contribution in [0.4, 0.5) is 0 Å². The number of halogens is 1. The molecule has 0 amide bonds. The molecule has 0 saturated carbocycles. The molecule has 4 rings (SSSR count). The molecule has 0 radical (unpaired) electrons. The largest absolute Gasteiger partial charge is 0.348 e. The number of allylic oxidation sites excluding steroid dienone is 1. The summed E-state index contributed by atoms with van der Waals surface area (Å²) in [5.74, 6) is 1.00. The van der Waals surface area contributed by atoms with Crippen LogP contribution in [-0.4, -0.2) is 16.7 Å². The first kappa shape index (κ1) is 20.9. The molecule has 144 valence electrons. The fourth-order valence-electron chi connectivity index (χ4n) is 3.19. The number of aromatic amines is 1. The Bertz CT molecular complexity index is 929. The van der Waals surface area contributed by atoms with E-state index in [1.807, 2.05) is 24.4 Å². The third kappa shape index (κ3) is 6.61. The van der Waals surface area contributed by atoms with Crippen molar-refractivity contribution in [3.8, 4) is 0 Å². The van der Waals surface area contributed by atoms with Crippen molar-refractivity contribution in [2.75, 3.05) is 0 Å². The van der Waals surface area contributed by atoms with Crippen LogP contribution < -0.4 is 10.9 Å². The lowest BCUT2D eigenvalue weighted by molar-refractivity contribution is 1.03. The maximum absolute atomic E-state index is 4.17. The second-order valence-corrected chi connectivity index (χ2v) is 7.65. The highest BCUT2D eigenvalue weighted by molar-refractivity contribution is 9.10. The lowest BCUT2D eigenvalue weighted by Gasteiger charge is -2.12. The van der Waals surface area contributed by atoms with Gasteiger partial charge in [0.1, 0.15) is 5.82 Å². The van der Waals surface area contributed by atoms with E-state index in [2.05, 4.69) is 105 Å². The van der Waals surface area contributed by atoms with Gasteiger partial charge in [0, 0.05) is 23.3 Å². The van der Waals surface area contributed by atoms with Crippen LogP contribution in [0.2, 0.25) is 6.32 Å². The van der Waals surface area contributed by atoms with Gasteiger partial charge in [0.2, 0.25) is 6.71 Å². The van der Waals surface area contributed by atoms with Gasteiger partial charge in [-0.2, -0.15) is 0 Å². The van der Waals surface area contributed by atoms with Gasteiger partial charge < -0.3 is 4.98 Å². The maximum Gasteiger partial charge on any atom is 0.213 e. The first-order valence-corrected chi connectivity index (χ1v) is 10.5. The average molecular weight is 443 g/mol. The van der Waals surface area contributed by atoms with E-state index in [-0.39, 0.29) is 0 Å². The molecule has 1 N–H and O–H groups in total. The molecule has 0 spiro atoms. The molecule has 0 aliphatic rings. The van der Waals surface area contributed by atoms with Crippen LogP contribution in [-0.2, 0) is 6.42 Å². The SMILES string of the molecule is Brc1ccc(Cc2ncc[nH]2)cc1.C=CCB(c1ccccc1)c1ccccc1. The summed E-state index contributed by atoms with van der Waals surface area (Å²) >= 11 is 3.40. The molecule has 0 saturated heterocycles. The molecule has 0 atom stereocenters. The summed E-state index contributed by atoms with van der Waals surface area (Å²) in [6.07, 6.45) is 7.45. The van der Waals surface area contributed by atoms with Crippen molar-refractivity contribution >= 4 is 33.6 Å². The summed E-state index contributed by atoms with van der Waals surface area (Å²) in [5.41, 5.74) is 3.97. The zero-order chi connectivity index (χ0) is 20.3. The summed E-state index contributed by atoms with van der Waals surface area (Å²) in [6.45, 7) is 4.28. The third-order valence-corrected chi connectivity index (χ3v) is 5.17. The number of nitrogens with zero attached hydrogens (tertiary/aromatic N) is 1. The second kappa shape index (κ2) is 11.2. The van der Waals surface area contributed by atoms with Crippen molar-refractivity contribution in [1.82, 2.24) is 9.97 Å². The minimum Gasteiger partial charge on any atom is -0.348 e. The maximum atomic E-state index is 4.17. The predicted octanol–water partition coefficient (Wildman–Crippen LogP) is 5.24. The summed E-state index contributed by atoms with van der Waals surface area (Å²) in [4.78, 5) is 7.24. The fourth-order valence-corrected chi connectivity index (χ4v) is 3.46. The van der Waals surface area contributed by atoms with E-state index >= 15 is 0 Å². The highest BCUT2D eigenvalue weighted by Gasteiger charge is 2.16. The van der Waals surface area contributed by atoms with Crippen molar-refractivity contribution in [2.45, 2.75) is 12.7 Å². The smallest absolute Gasteiger partial charge is 0.213 e. The quantitative estimate of drug-likeness (QED) is 0.320. The van der Waals surface area contributed by atoms with E-state index in [1.54, 1.807) is 6.20 Å². The molecule has 3 aromatic carbocycles. The first-order valence-electron chi connectivity index (χ1n) is 9.69. The van der Waals surface area contributed by atoms with Crippen LogP contribution in [0, 0.1) is 0 Å². The molecule has 0 aliphatic carbocycles. The summed E-state index contributed by atoms with van der Waals surface area (Å²) in [5, 5.41) is 0. The minimum atomic E-state index is 0.430. The van der Waals surface area contributed by atoms with E-state index in [0.717, 1.165) is 23.0 Å². The molecular weight excluding hydrogens is 419 g/mol. The van der Waals surface area contributed by atoms with Gasteiger partial charge in [-0.05, 0) is 24.0 Å². The van der Waals surface area contributed by atoms with Crippen LogP contribution in [0.5, 0.6) is 0 Å². The molecule has 4 aromatic rings. The summed E-state index contributed by atoms with van der Waals surface area (Å²) in [7, 11) is 0. The Labute approximate surface area is 181 Å². The molecule has 0 bridgehead atoms. The molecule has 2 nitrogen and oxygen atoms in total. The van der Waals surface area contributed by atoms with Gasteiger partial charge in [-0.1, -0.05) is 106 Å². The number of aromatic nitrogens is 2. The number of nitrogens with one attached hydrogen (secondary N) is 1. The van der Waals surface area contributed by atoms with Gasteiger partial charge in [0.25, 0.3) is 0 Å². The fraction of sp³-hybridized carbons (Fsp3) is 0.0800. The highest BCUT2D eigenvalue weighted by atomic mass is 79.9. The Kier molecular flexibility index (Phi) is 8.08. The Morgan fingerprint density at radius 1 is 0.862 bits per heavy atom. The molecular formula is C25H24BBrN2. The lowest BCUT2D eigenvalue weighted by atomic mass is 9.39. The Morgan fingerprint density at radius 2 is 1.45 bits per heavy atom. The van der Waals surface area contributed by atoms with Crippen LogP contribution >= 0.6 is 15.9 Å². The van der Waals surface area contributed by atoms with Crippen molar-refractivity contribution in [3.05, 3.63) is 126 Å². The van der Waals surface area contributed by atoms with Gasteiger partial charge in [-0.15, -0.1) is 6.58 Å². The topological polar surface area (TPSA) is 28.7 Å². The molecule has 0 aliphatic heterocycles. The molecule has 0 unspecified atom stereocenters. The summed E-state index contributed by atoms with van der Waals surface area (Å²) < 4.78 is 1.11. The van der Waals surface area contributed by atoms with Gasteiger partial charge in [-0.3, -0.25) is 0 Å². The Hall–Kier alpha value is -2.85. The molecule has 1 heterocycles.